The van der Waals surface area contributed by atoms with Crippen LogP contribution in [0.1, 0.15) is 10.7 Å². The van der Waals surface area contributed by atoms with Crippen LogP contribution in [0.15, 0.2) is 57.1 Å². The van der Waals surface area contributed by atoms with Crippen molar-refractivity contribution >= 4 is 56.3 Å². The zero-order valence-corrected chi connectivity index (χ0v) is 18.5. The molecule has 4 aromatic heterocycles. The largest absolute Gasteiger partial charge is 0.309 e. The summed E-state index contributed by atoms with van der Waals surface area (Å²) in [6, 6.07) is 11.5. The van der Waals surface area contributed by atoms with Gasteiger partial charge in [-0.25, -0.2) is 9.67 Å². The Labute approximate surface area is 187 Å². The summed E-state index contributed by atoms with van der Waals surface area (Å²) in [6.07, 6.45) is 0. The van der Waals surface area contributed by atoms with Crippen LogP contribution in [0.4, 0.5) is 0 Å². The molecule has 0 atom stereocenters. The third kappa shape index (κ3) is 3.79. The second-order valence-electron chi connectivity index (χ2n) is 6.31. The first-order chi connectivity index (χ1) is 14.7. The van der Waals surface area contributed by atoms with Gasteiger partial charge in [-0.1, -0.05) is 47.6 Å². The van der Waals surface area contributed by atoms with Crippen LogP contribution < -0.4 is 5.56 Å². The van der Waals surface area contributed by atoms with E-state index in [1.54, 1.807) is 16.0 Å². The number of hydrogen-bond donors (Lipinski definition) is 1. The maximum absolute atomic E-state index is 12.8. The lowest BCUT2D eigenvalue weighted by atomic mass is 10.1. The molecule has 1 aromatic carbocycles. The highest BCUT2D eigenvalue weighted by Gasteiger charge is 2.16. The molecule has 0 saturated heterocycles. The van der Waals surface area contributed by atoms with Crippen LogP contribution in [0, 0.1) is 0 Å². The van der Waals surface area contributed by atoms with Gasteiger partial charge in [-0.2, -0.15) is 0 Å². The molecular formula is C19H13ClN6OS3. The number of tetrazole rings is 1. The molecule has 0 fully saturated rings. The van der Waals surface area contributed by atoms with Crippen LogP contribution in [-0.2, 0) is 12.3 Å². The molecule has 0 saturated carbocycles. The van der Waals surface area contributed by atoms with Gasteiger partial charge in [0.2, 0.25) is 5.16 Å². The zero-order chi connectivity index (χ0) is 20.5. The van der Waals surface area contributed by atoms with Gasteiger partial charge in [-0.15, -0.1) is 27.8 Å². The van der Waals surface area contributed by atoms with Crippen molar-refractivity contribution in [3.05, 3.63) is 73.2 Å². The average molecular weight is 473 g/mol. The summed E-state index contributed by atoms with van der Waals surface area (Å²) in [4.78, 5) is 22.2. The molecule has 150 valence electrons. The van der Waals surface area contributed by atoms with Crippen LogP contribution in [-0.4, -0.2) is 30.2 Å². The summed E-state index contributed by atoms with van der Waals surface area (Å²) in [7, 11) is 0. The Bertz CT molecular complexity index is 1370. The van der Waals surface area contributed by atoms with E-state index in [9.17, 15) is 4.79 Å². The minimum absolute atomic E-state index is 0.176. The van der Waals surface area contributed by atoms with Gasteiger partial charge >= 0.3 is 0 Å². The van der Waals surface area contributed by atoms with E-state index in [2.05, 4.69) is 25.5 Å². The van der Waals surface area contributed by atoms with E-state index in [1.807, 2.05) is 47.2 Å². The summed E-state index contributed by atoms with van der Waals surface area (Å²) in [6.45, 7) is 0.613. The quantitative estimate of drug-likeness (QED) is 0.360. The number of rotatable bonds is 6. The molecule has 0 unspecified atom stereocenters. The first-order valence-electron chi connectivity index (χ1n) is 8.85. The number of aromatic nitrogens is 6. The number of benzene rings is 1. The molecule has 0 radical (unpaired) electrons. The summed E-state index contributed by atoms with van der Waals surface area (Å²) < 4.78 is 1.74. The molecule has 0 amide bonds. The predicted octanol–water partition coefficient (Wildman–Crippen LogP) is 4.69. The van der Waals surface area contributed by atoms with Crippen molar-refractivity contribution in [2.45, 2.75) is 17.5 Å². The highest BCUT2D eigenvalue weighted by Crippen LogP contribution is 2.35. The van der Waals surface area contributed by atoms with Gasteiger partial charge in [0.25, 0.3) is 5.56 Å². The Morgan fingerprint density at radius 3 is 2.87 bits per heavy atom. The highest BCUT2D eigenvalue weighted by molar-refractivity contribution is 7.98. The van der Waals surface area contributed by atoms with E-state index in [-0.39, 0.29) is 5.56 Å². The van der Waals surface area contributed by atoms with Gasteiger partial charge in [0.1, 0.15) is 10.7 Å². The fourth-order valence-electron chi connectivity index (χ4n) is 3.02. The van der Waals surface area contributed by atoms with E-state index in [0.29, 0.717) is 38.5 Å². The zero-order valence-electron chi connectivity index (χ0n) is 15.3. The van der Waals surface area contributed by atoms with Crippen LogP contribution in [0.5, 0.6) is 0 Å². The first-order valence-corrected chi connectivity index (χ1v) is 12.0. The molecule has 0 aliphatic rings. The van der Waals surface area contributed by atoms with E-state index in [1.165, 1.54) is 28.0 Å². The van der Waals surface area contributed by atoms with Gasteiger partial charge in [0.15, 0.2) is 0 Å². The maximum Gasteiger partial charge on any atom is 0.260 e. The summed E-state index contributed by atoms with van der Waals surface area (Å²) in [5.41, 5.74) is 1.45. The fourth-order valence-corrected chi connectivity index (χ4v) is 5.65. The lowest BCUT2D eigenvalue weighted by Crippen LogP contribution is -2.11. The van der Waals surface area contributed by atoms with E-state index in [4.69, 9.17) is 11.6 Å². The lowest BCUT2D eigenvalue weighted by molar-refractivity contribution is 0.608. The summed E-state index contributed by atoms with van der Waals surface area (Å²) in [5, 5.41) is 17.7. The van der Waals surface area contributed by atoms with E-state index in [0.717, 1.165) is 11.1 Å². The first kappa shape index (κ1) is 19.4. The smallest absolute Gasteiger partial charge is 0.260 e. The number of hydrogen-bond acceptors (Lipinski definition) is 8. The number of thioether (sulfide) groups is 1. The molecule has 0 aliphatic carbocycles. The second-order valence-corrected chi connectivity index (χ2v) is 9.55. The summed E-state index contributed by atoms with van der Waals surface area (Å²) in [5.74, 6) is 1.03. The van der Waals surface area contributed by atoms with Crippen molar-refractivity contribution in [2.75, 3.05) is 0 Å². The van der Waals surface area contributed by atoms with Crippen molar-refractivity contribution < 1.29 is 0 Å². The lowest BCUT2D eigenvalue weighted by Gasteiger charge is -2.04. The van der Waals surface area contributed by atoms with Crippen molar-refractivity contribution in [3.63, 3.8) is 0 Å². The molecule has 1 N–H and O–H groups in total. The standard InChI is InChI=1S/C19H13ClN6OS3/c20-14-6-2-1-5-12(14)13-9-29-18-16(13)17(27)21-15(22-18)10-30-19-23-24-25-26(19)8-11-4-3-7-28-11/h1-7,9H,8,10H2,(H,21,22,27). The maximum atomic E-state index is 12.8. The third-order valence-electron chi connectivity index (χ3n) is 4.38. The van der Waals surface area contributed by atoms with Crippen molar-refractivity contribution in [1.29, 1.82) is 0 Å². The minimum atomic E-state index is -0.176. The molecule has 0 spiro atoms. The minimum Gasteiger partial charge on any atom is -0.309 e. The Morgan fingerprint density at radius 2 is 2.03 bits per heavy atom. The van der Waals surface area contributed by atoms with Crippen molar-refractivity contribution in [2.24, 2.45) is 0 Å². The molecule has 4 heterocycles. The number of nitrogens with zero attached hydrogens (tertiary/aromatic N) is 5. The van der Waals surface area contributed by atoms with Crippen molar-refractivity contribution in [1.82, 2.24) is 30.2 Å². The Hall–Kier alpha value is -2.53. The number of H-pyrrole nitrogens is 1. The highest BCUT2D eigenvalue weighted by atomic mass is 35.5. The number of nitrogens with one attached hydrogen (secondary N) is 1. The van der Waals surface area contributed by atoms with Gasteiger partial charge in [-0.3, -0.25) is 4.79 Å². The van der Waals surface area contributed by atoms with Crippen LogP contribution in [0.2, 0.25) is 5.02 Å². The van der Waals surface area contributed by atoms with E-state index < -0.39 is 0 Å². The van der Waals surface area contributed by atoms with Crippen LogP contribution in [0.3, 0.4) is 0 Å². The van der Waals surface area contributed by atoms with Gasteiger partial charge < -0.3 is 4.98 Å². The molecule has 5 aromatic rings. The molecule has 11 heteroatoms. The SMILES string of the molecule is O=c1[nH]c(CSc2nnnn2Cc2cccs2)nc2scc(-c3ccccc3Cl)c12. The molecule has 7 nitrogen and oxygen atoms in total. The Balaban J connectivity index is 1.40. The van der Waals surface area contributed by atoms with Gasteiger partial charge in [0.05, 0.1) is 17.7 Å². The average Bonchev–Trinajstić information content (AvgIpc) is 3.49. The second kappa shape index (κ2) is 8.31. The van der Waals surface area contributed by atoms with Gasteiger partial charge in [0, 0.05) is 26.4 Å². The number of aromatic amines is 1. The summed E-state index contributed by atoms with van der Waals surface area (Å²) >= 11 is 10.8. The Morgan fingerprint density at radius 1 is 1.13 bits per heavy atom. The topological polar surface area (TPSA) is 89.4 Å². The monoisotopic (exact) mass is 472 g/mol. The Kier molecular flexibility index (Phi) is 5.38. The van der Waals surface area contributed by atoms with Crippen molar-refractivity contribution in [3.8, 4) is 11.1 Å². The molecular weight excluding hydrogens is 460 g/mol. The van der Waals surface area contributed by atoms with Gasteiger partial charge in [-0.05, 0) is 27.9 Å². The molecule has 0 bridgehead atoms. The normalized spacial score (nSPS) is 11.4. The fraction of sp³-hybridized carbons (Fsp3) is 0.105. The third-order valence-corrected chi connectivity index (χ3v) is 7.41. The number of fused-ring (bicyclic) bond motifs is 1. The number of halogens is 1. The molecule has 0 aliphatic heterocycles. The molecule has 30 heavy (non-hydrogen) atoms. The number of thiophene rings is 2. The van der Waals surface area contributed by atoms with Crippen LogP contribution in [0.25, 0.3) is 21.3 Å². The van der Waals surface area contributed by atoms with Crippen LogP contribution >= 0.6 is 46.0 Å². The van der Waals surface area contributed by atoms with E-state index >= 15 is 0 Å². The predicted molar refractivity (Wildman–Crippen MR) is 121 cm³/mol. The molecule has 5 rings (SSSR count).